The molecular formula is C31H43F3N4O3. The van der Waals surface area contributed by atoms with E-state index in [-0.39, 0.29) is 24.1 Å². The van der Waals surface area contributed by atoms with Gasteiger partial charge in [-0.1, -0.05) is 25.0 Å². The fourth-order valence-corrected chi connectivity index (χ4v) is 6.72. The summed E-state index contributed by atoms with van der Waals surface area (Å²) in [6, 6.07) is -0.871. The number of ether oxygens (including phenoxy) is 2. The average Bonchev–Trinajstić information content (AvgIpc) is 2.85. The number of rotatable bonds is 7. The van der Waals surface area contributed by atoms with Crippen LogP contribution in [0.15, 0.2) is 23.5 Å². The van der Waals surface area contributed by atoms with Crippen molar-refractivity contribution in [2.45, 2.75) is 109 Å². The van der Waals surface area contributed by atoms with E-state index in [1.807, 2.05) is 6.20 Å². The van der Waals surface area contributed by atoms with Gasteiger partial charge in [-0.3, -0.25) is 0 Å². The van der Waals surface area contributed by atoms with Crippen LogP contribution in [0.5, 0.6) is 5.88 Å². The van der Waals surface area contributed by atoms with Crippen LogP contribution in [-0.2, 0) is 4.74 Å². The molecule has 3 heterocycles. The number of pyridine rings is 1. The van der Waals surface area contributed by atoms with Gasteiger partial charge in [-0.2, -0.15) is 13.2 Å². The van der Waals surface area contributed by atoms with Gasteiger partial charge < -0.3 is 19.9 Å². The van der Waals surface area contributed by atoms with E-state index in [1.54, 1.807) is 11.8 Å². The summed E-state index contributed by atoms with van der Waals surface area (Å²) in [5.74, 6) is 2.12. The molecule has 2 aromatic heterocycles. The first-order valence-corrected chi connectivity index (χ1v) is 15.1. The summed E-state index contributed by atoms with van der Waals surface area (Å²) in [6.45, 7) is 9.90. The van der Waals surface area contributed by atoms with E-state index < -0.39 is 18.6 Å². The third kappa shape index (κ3) is 7.31. The highest BCUT2D eigenvalue weighted by Crippen LogP contribution is 2.40. The van der Waals surface area contributed by atoms with Gasteiger partial charge in [0, 0.05) is 29.9 Å². The Bertz CT molecular complexity index is 1240. The highest BCUT2D eigenvalue weighted by molar-refractivity contribution is 5.86. The number of fused-ring (bicyclic) bond motifs is 1. The summed E-state index contributed by atoms with van der Waals surface area (Å²) in [7, 11) is 0. The van der Waals surface area contributed by atoms with E-state index >= 15 is 0 Å². The Labute approximate surface area is 240 Å². The van der Waals surface area contributed by atoms with E-state index in [0.717, 1.165) is 50.9 Å². The largest absolute Gasteiger partial charge is 0.474 e. The predicted octanol–water partition coefficient (Wildman–Crippen LogP) is 6.96. The fourth-order valence-electron chi connectivity index (χ4n) is 6.72. The molecule has 2 aromatic rings. The molecule has 2 aliphatic carbocycles. The van der Waals surface area contributed by atoms with Crippen molar-refractivity contribution in [3.63, 3.8) is 0 Å². The van der Waals surface area contributed by atoms with E-state index in [9.17, 15) is 18.3 Å². The first-order valence-electron chi connectivity index (χ1n) is 15.1. The standard InChI is InChI=1S/C31H43F3N4O3/c1-17-9-24(11-18(2)20(4)25(10-17)22-15-40-16-22)41-29-27-14-36-30(37-19(3)12-31(32,33)34)38-28(27)26(13-35-29)21-5-7-23(39)8-6-21/h13-14,17-19,21-24,39H,5-12,15-16H2,1-4H3,(H,36,37,38)/b25-20+/t17-,18+,19-,21-,23-,24+/m0/s1. The van der Waals surface area contributed by atoms with Crippen molar-refractivity contribution in [1.82, 2.24) is 15.0 Å². The fraction of sp³-hybridized carbons (Fsp3) is 0.710. The molecule has 0 bridgehead atoms. The van der Waals surface area contributed by atoms with Gasteiger partial charge in [-0.15, -0.1) is 0 Å². The van der Waals surface area contributed by atoms with Gasteiger partial charge in [-0.05, 0) is 76.5 Å². The molecule has 0 amide bonds. The number of anilines is 1. The molecule has 0 aromatic carbocycles. The topological polar surface area (TPSA) is 89.4 Å². The molecule has 1 saturated carbocycles. The van der Waals surface area contributed by atoms with Crippen LogP contribution >= 0.6 is 0 Å². The number of nitrogens with one attached hydrogen (secondary N) is 1. The molecule has 0 radical (unpaired) electrons. The van der Waals surface area contributed by atoms with Crippen molar-refractivity contribution < 1.29 is 27.8 Å². The van der Waals surface area contributed by atoms with Gasteiger partial charge in [0.2, 0.25) is 11.8 Å². The molecule has 226 valence electrons. The summed E-state index contributed by atoms with van der Waals surface area (Å²) in [4.78, 5) is 13.9. The van der Waals surface area contributed by atoms with Crippen LogP contribution in [0.1, 0.15) is 90.5 Å². The van der Waals surface area contributed by atoms with Gasteiger partial charge in [-0.25, -0.2) is 15.0 Å². The van der Waals surface area contributed by atoms with Gasteiger partial charge in [0.15, 0.2) is 0 Å². The Kier molecular flexibility index (Phi) is 9.09. The number of nitrogens with zero attached hydrogens (tertiary/aromatic N) is 3. The van der Waals surface area contributed by atoms with Crippen molar-refractivity contribution in [2.75, 3.05) is 18.5 Å². The van der Waals surface area contributed by atoms with Crippen LogP contribution in [0.4, 0.5) is 19.1 Å². The lowest BCUT2D eigenvalue weighted by molar-refractivity contribution is -0.136. The number of allylic oxidation sites excluding steroid dienone is 1. The molecule has 3 aliphatic rings. The first kappa shape index (κ1) is 30.0. The summed E-state index contributed by atoms with van der Waals surface area (Å²) in [5.41, 5.74) is 4.58. The van der Waals surface area contributed by atoms with Gasteiger partial charge in [0.05, 0.1) is 36.6 Å². The van der Waals surface area contributed by atoms with E-state index in [4.69, 9.17) is 19.4 Å². The molecule has 2 fully saturated rings. The smallest absolute Gasteiger partial charge is 0.391 e. The summed E-state index contributed by atoms with van der Waals surface area (Å²) >= 11 is 0. The van der Waals surface area contributed by atoms with Crippen molar-refractivity contribution >= 4 is 16.9 Å². The number of aliphatic hydroxyl groups excluding tert-OH is 1. The maximum atomic E-state index is 13.0. The Morgan fingerprint density at radius 2 is 1.80 bits per heavy atom. The zero-order valence-corrected chi connectivity index (χ0v) is 24.5. The second-order valence-corrected chi connectivity index (χ2v) is 12.7. The molecule has 0 spiro atoms. The number of aromatic nitrogens is 3. The van der Waals surface area contributed by atoms with Gasteiger partial charge in [0.1, 0.15) is 6.10 Å². The third-order valence-corrected chi connectivity index (χ3v) is 9.17. The quantitative estimate of drug-likeness (QED) is 0.344. The first-order chi connectivity index (χ1) is 19.5. The minimum absolute atomic E-state index is 0.0369. The van der Waals surface area contributed by atoms with Crippen LogP contribution in [0.3, 0.4) is 0 Å². The molecule has 10 heteroatoms. The second kappa shape index (κ2) is 12.4. The van der Waals surface area contributed by atoms with Crippen molar-refractivity contribution in [1.29, 1.82) is 0 Å². The lowest BCUT2D eigenvalue weighted by Crippen LogP contribution is -2.33. The maximum Gasteiger partial charge on any atom is 0.391 e. The van der Waals surface area contributed by atoms with Gasteiger partial charge in [0.25, 0.3) is 0 Å². The minimum atomic E-state index is -4.28. The minimum Gasteiger partial charge on any atom is -0.474 e. The molecule has 1 saturated heterocycles. The number of alkyl halides is 3. The summed E-state index contributed by atoms with van der Waals surface area (Å²) < 4.78 is 51.0. The molecule has 41 heavy (non-hydrogen) atoms. The van der Waals surface area contributed by atoms with Crippen molar-refractivity contribution in [2.24, 2.45) is 17.8 Å². The SMILES string of the molecule is C/C1=C(\C2COC2)C[C@@H](C)C[C@@H](Oc2ncc([C@H]3CC[C@H](O)CC3)c3nc(N[C@@H](C)CC(F)(F)F)ncc23)C[C@H]1C. The van der Waals surface area contributed by atoms with Crippen LogP contribution in [0.25, 0.3) is 10.9 Å². The Hall–Kier alpha value is -2.46. The number of hydrogen-bond donors (Lipinski definition) is 2. The lowest BCUT2D eigenvalue weighted by Gasteiger charge is -2.36. The second-order valence-electron chi connectivity index (χ2n) is 12.7. The Morgan fingerprint density at radius 3 is 2.46 bits per heavy atom. The Morgan fingerprint density at radius 1 is 1.07 bits per heavy atom. The van der Waals surface area contributed by atoms with Gasteiger partial charge >= 0.3 is 6.18 Å². The number of aliphatic hydroxyl groups is 1. The molecule has 4 atom stereocenters. The predicted molar refractivity (Wildman–Crippen MR) is 152 cm³/mol. The highest BCUT2D eigenvalue weighted by Gasteiger charge is 2.33. The van der Waals surface area contributed by atoms with Crippen molar-refractivity contribution in [3.05, 3.63) is 29.1 Å². The molecule has 7 nitrogen and oxygen atoms in total. The lowest BCUT2D eigenvalue weighted by atomic mass is 9.77. The number of halogens is 3. The van der Waals surface area contributed by atoms with E-state index in [2.05, 4.69) is 31.1 Å². The molecule has 1 aliphatic heterocycles. The third-order valence-electron chi connectivity index (χ3n) is 9.17. The zero-order chi connectivity index (χ0) is 29.3. The monoisotopic (exact) mass is 576 g/mol. The molecular weight excluding hydrogens is 533 g/mol. The van der Waals surface area contributed by atoms with Crippen LogP contribution in [0, 0.1) is 17.8 Å². The Balaban J connectivity index is 1.43. The maximum absolute atomic E-state index is 13.0. The highest BCUT2D eigenvalue weighted by atomic mass is 19.4. The normalized spacial score (nSPS) is 30.8. The van der Waals surface area contributed by atoms with Crippen LogP contribution < -0.4 is 10.1 Å². The summed E-state index contributed by atoms with van der Waals surface area (Å²) in [6.07, 6.45) is 3.64. The zero-order valence-electron chi connectivity index (χ0n) is 24.5. The van der Waals surface area contributed by atoms with Crippen LogP contribution in [-0.4, -0.2) is 57.7 Å². The molecule has 2 N–H and O–H groups in total. The van der Waals surface area contributed by atoms with Crippen LogP contribution in [0.2, 0.25) is 0 Å². The van der Waals surface area contributed by atoms with E-state index in [1.165, 1.54) is 12.5 Å². The van der Waals surface area contributed by atoms with E-state index in [0.29, 0.717) is 47.4 Å². The van der Waals surface area contributed by atoms with Crippen molar-refractivity contribution in [3.8, 4) is 5.88 Å². The molecule has 5 rings (SSSR count). The average molecular weight is 577 g/mol. The number of hydrogen-bond acceptors (Lipinski definition) is 7. The molecule has 0 unspecified atom stereocenters. The summed E-state index contributed by atoms with van der Waals surface area (Å²) in [5, 5.41) is 13.5.